The van der Waals surface area contributed by atoms with Crippen molar-refractivity contribution in [2.75, 3.05) is 13.2 Å². The van der Waals surface area contributed by atoms with Gasteiger partial charge in [-0.3, -0.25) is 0 Å². The Hall–Kier alpha value is 1.08. The maximum atomic E-state index is 9.74. The molecule has 9 heteroatoms. The van der Waals surface area contributed by atoms with Gasteiger partial charge >= 0.3 is 37.7 Å². The Morgan fingerprint density at radius 3 is 1.21 bits per heavy atom. The van der Waals surface area contributed by atoms with Crippen LogP contribution < -0.4 is 0 Å². The van der Waals surface area contributed by atoms with Crippen molar-refractivity contribution in [3.8, 4) is 0 Å². The summed E-state index contributed by atoms with van der Waals surface area (Å²) in [7, 11) is -4.64. The Morgan fingerprint density at radius 2 is 1.00 bits per heavy atom. The second-order valence-corrected chi connectivity index (χ2v) is 4.75. The third kappa shape index (κ3) is 32.5. The average Bonchev–Trinajstić information content (AvgIpc) is 2.31. The molecule has 0 unspecified atom stereocenters. The molecular weight excluding hydrogens is 320 g/mol. The maximum Gasteiger partial charge on any atom is 2.00 e. The largest absolute Gasteiger partial charge is 2.00 e. The molecule has 0 radical (unpaired) electrons. The van der Waals surface area contributed by atoms with Gasteiger partial charge in [-0.2, -0.15) is 0 Å². The van der Waals surface area contributed by atoms with Gasteiger partial charge in [0.1, 0.15) is 0 Å². The fraction of sp³-hybridized carbons (Fsp3) is 1.00. The second kappa shape index (κ2) is 21.4. The van der Waals surface area contributed by atoms with E-state index in [2.05, 4.69) is 8.37 Å². The van der Waals surface area contributed by atoms with Crippen molar-refractivity contribution in [1.82, 2.24) is 0 Å². The summed E-state index contributed by atoms with van der Waals surface area (Å²) in [6, 6.07) is 0. The Kier molecular flexibility index (Phi) is 28.2. The fourth-order valence-corrected chi connectivity index (χ4v) is 1.47. The molecule has 0 saturated carbocycles. The van der Waals surface area contributed by atoms with Gasteiger partial charge in [-0.15, -0.1) is 0 Å². The maximum absolute atomic E-state index is 9.74. The normalized spacial score (nSPS) is 9.89. The van der Waals surface area contributed by atoms with Crippen molar-refractivity contribution in [3.05, 3.63) is 0 Å². The number of rotatable bonds is 10. The number of hydrogen-bond donors (Lipinski definition) is 0. The molecule has 0 aliphatic heterocycles. The van der Waals surface area contributed by atoms with Gasteiger partial charge in [-0.1, -0.05) is 39.5 Å². The molecule has 0 bridgehead atoms. The van der Waals surface area contributed by atoms with Gasteiger partial charge in [-0.05, 0) is 12.8 Å². The van der Waals surface area contributed by atoms with E-state index in [0.717, 1.165) is 38.5 Å². The standard InChI is InChI=1S/2C5H11O3S.Ca/c2*1-2-3-4-5-8-9(6)7;/h2*2-5H2,1H3;/q2*-1;+2. The molecule has 112 valence electrons. The summed E-state index contributed by atoms with van der Waals surface area (Å²) in [6.07, 6.45) is 5.85. The van der Waals surface area contributed by atoms with Crippen molar-refractivity contribution in [3.63, 3.8) is 0 Å². The second-order valence-electron chi connectivity index (χ2n) is 3.47. The SMILES string of the molecule is CCCCCO[S-](=O)=O.CCCCCO[S-](=O)=O.[Ca+2]. The van der Waals surface area contributed by atoms with Crippen LogP contribution in [0.2, 0.25) is 0 Å². The first kappa shape index (κ1) is 25.1. The molecule has 0 fully saturated rings. The molecule has 0 aliphatic carbocycles. The molecule has 6 nitrogen and oxygen atoms in total. The molecule has 0 N–H and O–H groups in total. The third-order valence-corrected chi connectivity index (χ3v) is 2.57. The van der Waals surface area contributed by atoms with Crippen LogP contribution in [0.25, 0.3) is 0 Å². The van der Waals surface area contributed by atoms with Gasteiger partial charge in [0.2, 0.25) is 0 Å². The zero-order valence-corrected chi connectivity index (χ0v) is 15.5. The van der Waals surface area contributed by atoms with Crippen molar-refractivity contribution in [2.45, 2.75) is 52.4 Å². The monoisotopic (exact) mass is 342 g/mol. The topological polar surface area (TPSA) is 86.7 Å². The smallest absolute Gasteiger partial charge is 0.424 e. The molecule has 0 atom stereocenters. The zero-order chi connectivity index (χ0) is 14.2. The molecule has 0 aromatic heterocycles. The van der Waals surface area contributed by atoms with Crippen molar-refractivity contribution < 1.29 is 25.2 Å². The van der Waals surface area contributed by atoms with E-state index in [-0.39, 0.29) is 37.7 Å². The van der Waals surface area contributed by atoms with E-state index in [4.69, 9.17) is 0 Å². The van der Waals surface area contributed by atoms with Crippen LogP contribution in [0.15, 0.2) is 0 Å². The van der Waals surface area contributed by atoms with Crippen LogP contribution in [-0.4, -0.2) is 51.0 Å². The summed E-state index contributed by atoms with van der Waals surface area (Å²) in [5.41, 5.74) is 0. The average molecular weight is 342 g/mol. The first-order valence-electron chi connectivity index (χ1n) is 5.99. The van der Waals surface area contributed by atoms with E-state index in [1.165, 1.54) is 0 Å². The van der Waals surface area contributed by atoms with Gasteiger partial charge in [0, 0.05) is 13.2 Å². The summed E-state index contributed by atoms with van der Waals surface area (Å²) in [4.78, 5) is 0. The number of hydrogen-bond acceptors (Lipinski definition) is 8. The zero-order valence-electron chi connectivity index (χ0n) is 11.6. The van der Waals surface area contributed by atoms with Gasteiger partial charge < -0.3 is 25.2 Å². The van der Waals surface area contributed by atoms with Crippen LogP contribution in [0.4, 0.5) is 0 Å². The molecule has 0 rings (SSSR count). The Labute approximate surface area is 149 Å². The molecule has 0 aliphatic rings. The van der Waals surface area contributed by atoms with E-state index < -0.39 is 22.0 Å². The Bertz CT molecular complexity index is 258. The van der Waals surface area contributed by atoms with Crippen LogP contribution in [0.5, 0.6) is 0 Å². The minimum atomic E-state index is -2.32. The molecule has 0 saturated heterocycles. The predicted octanol–water partition coefficient (Wildman–Crippen LogP) is 2.45. The van der Waals surface area contributed by atoms with Crippen molar-refractivity contribution >= 4 is 59.7 Å². The van der Waals surface area contributed by atoms with Crippen LogP contribution in [0.3, 0.4) is 0 Å². The van der Waals surface area contributed by atoms with Gasteiger partial charge in [-0.25, -0.2) is 0 Å². The summed E-state index contributed by atoms with van der Waals surface area (Å²) < 4.78 is 47.5. The first-order chi connectivity index (χ1) is 8.54. The van der Waals surface area contributed by atoms with Crippen LogP contribution in [-0.2, 0) is 47.2 Å². The minimum absolute atomic E-state index is 0. The van der Waals surface area contributed by atoms with Crippen LogP contribution >= 0.6 is 0 Å². The third-order valence-electron chi connectivity index (χ3n) is 1.85. The molecule has 0 aromatic rings. The summed E-state index contributed by atoms with van der Waals surface area (Å²) in [6.45, 7) is 4.75. The van der Waals surface area contributed by atoms with E-state index >= 15 is 0 Å². The Morgan fingerprint density at radius 1 is 0.684 bits per heavy atom. The summed E-state index contributed by atoms with van der Waals surface area (Å²) in [5, 5.41) is 0. The Balaban J connectivity index is -0.000000256. The molecule has 0 amide bonds. The molecule has 0 spiro atoms. The minimum Gasteiger partial charge on any atom is -0.424 e. The van der Waals surface area contributed by atoms with Gasteiger partial charge in [0.25, 0.3) is 0 Å². The summed E-state index contributed by atoms with van der Waals surface area (Å²) in [5.74, 6) is 0. The van der Waals surface area contributed by atoms with Crippen molar-refractivity contribution in [1.29, 1.82) is 0 Å². The van der Waals surface area contributed by atoms with Crippen LogP contribution in [0, 0.1) is 0 Å². The van der Waals surface area contributed by atoms with E-state index in [9.17, 15) is 16.8 Å². The van der Waals surface area contributed by atoms with Crippen molar-refractivity contribution in [2.24, 2.45) is 0 Å². The quantitative estimate of drug-likeness (QED) is 0.344. The summed E-state index contributed by atoms with van der Waals surface area (Å²) >= 11 is 0. The molecule has 0 aromatic carbocycles. The van der Waals surface area contributed by atoms with Gasteiger partial charge in [0.05, 0.1) is 22.0 Å². The first-order valence-corrected chi connectivity index (χ1v) is 7.99. The number of unbranched alkanes of at least 4 members (excludes halogenated alkanes) is 4. The fourth-order valence-electron chi connectivity index (χ4n) is 0.958. The molecular formula is C10H22CaO6S2. The predicted molar refractivity (Wildman–Crippen MR) is 74.2 cm³/mol. The van der Waals surface area contributed by atoms with Gasteiger partial charge in [0.15, 0.2) is 0 Å². The van der Waals surface area contributed by atoms with Crippen LogP contribution in [0.1, 0.15) is 52.4 Å². The van der Waals surface area contributed by atoms with E-state index in [1.807, 2.05) is 13.8 Å². The molecule has 19 heavy (non-hydrogen) atoms. The van der Waals surface area contributed by atoms with E-state index in [1.54, 1.807) is 0 Å². The molecule has 0 heterocycles. The van der Waals surface area contributed by atoms with E-state index in [0.29, 0.717) is 13.2 Å².